The van der Waals surface area contributed by atoms with Crippen LogP contribution in [-0.4, -0.2) is 10.9 Å². The number of para-hydroxylation sites is 1. The number of halogens is 5. The van der Waals surface area contributed by atoms with E-state index in [-0.39, 0.29) is 21.5 Å². The number of aromatic nitrogens is 1. The van der Waals surface area contributed by atoms with Gasteiger partial charge in [-0.05, 0) is 36.8 Å². The van der Waals surface area contributed by atoms with Crippen LogP contribution < -0.4 is 16.4 Å². The number of nitrogens with zero attached hydrogens (tertiary/aromatic N) is 1. The topological polar surface area (TPSA) is 80.0 Å². The summed E-state index contributed by atoms with van der Waals surface area (Å²) in [4.78, 5) is 16.5. The lowest BCUT2D eigenvalue weighted by Gasteiger charge is -2.10. The van der Waals surface area contributed by atoms with E-state index in [4.69, 9.17) is 17.3 Å². The van der Waals surface area contributed by atoms with Gasteiger partial charge in [0.05, 0.1) is 16.3 Å². The summed E-state index contributed by atoms with van der Waals surface area (Å²) in [7, 11) is 0. The number of nitrogen functional groups attached to an aromatic ring is 1. The number of thiazole rings is 1. The predicted octanol–water partition coefficient (Wildman–Crippen LogP) is 5.84. The molecule has 0 aliphatic heterocycles. The molecule has 5 nitrogen and oxygen atoms in total. The molecule has 0 fully saturated rings. The number of amides is 1. The van der Waals surface area contributed by atoms with Gasteiger partial charge >= 0.3 is 6.18 Å². The molecule has 3 aromatic rings. The first-order chi connectivity index (χ1) is 13.6. The normalized spacial score (nSPS) is 11.4. The molecule has 152 valence electrons. The maximum absolute atomic E-state index is 13.4. The second-order valence-corrected chi connectivity index (χ2v) is 7.34. The SMILES string of the molecule is Cc1cccc(Cl)c1NC(=O)c1sc(Nc2ccc(F)c(C(F)(F)F)c2)nc1N. The van der Waals surface area contributed by atoms with Crippen molar-refractivity contribution in [1.82, 2.24) is 4.98 Å². The molecule has 0 radical (unpaired) electrons. The number of aryl methyl sites for hydroxylation is 1. The van der Waals surface area contributed by atoms with Gasteiger partial charge in [0.25, 0.3) is 5.91 Å². The molecule has 0 aliphatic carbocycles. The van der Waals surface area contributed by atoms with E-state index >= 15 is 0 Å². The van der Waals surface area contributed by atoms with Crippen LogP contribution in [0.2, 0.25) is 5.02 Å². The van der Waals surface area contributed by atoms with Gasteiger partial charge in [-0.2, -0.15) is 13.2 Å². The van der Waals surface area contributed by atoms with Crippen molar-refractivity contribution in [2.75, 3.05) is 16.4 Å². The van der Waals surface area contributed by atoms with Crippen molar-refractivity contribution in [2.45, 2.75) is 13.1 Å². The molecule has 0 bridgehead atoms. The third kappa shape index (κ3) is 4.60. The quantitative estimate of drug-likeness (QED) is 0.441. The molecule has 1 heterocycles. The predicted molar refractivity (Wildman–Crippen MR) is 105 cm³/mol. The van der Waals surface area contributed by atoms with Crippen molar-refractivity contribution in [3.63, 3.8) is 0 Å². The summed E-state index contributed by atoms with van der Waals surface area (Å²) in [6.45, 7) is 1.76. The molecule has 29 heavy (non-hydrogen) atoms. The van der Waals surface area contributed by atoms with Gasteiger partial charge in [0.1, 0.15) is 16.5 Å². The molecule has 0 spiro atoms. The van der Waals surface area contributed by atoms with Crippen molar-refractivity contribution in [3.05, 3.63) is 63.2 Å². The third-order valence-electron chi connectivity index (χ3n) is 3.84. The zero-order valence-corrected chi connectivity index (χ0v) is 16.3. The summed E-state index contributed by atoms with van der Waals surface area (Å²) in [5, 5.41) is 5.65. The fourth-order valence-electron chi connectivity index (χ4n) is 2.45. The molecule has 0 aliphatic rings. The zero-order chi connectivity index (χ0) is 21.3. The summed E-state index contributed by atoms with van der Waals surface area (Å²) in [5.41, 5.74) is 5.45. The van der Waals surface area contributed by atoms with Crippen LogP contribution in [0.1, 0.15) is 20.8 Å². The Kier molecular flexibility index (Phi) is 5.67. The number of alkyl halides is 3. The fraction of sp³-hybridized carbons (Fsp3) is 0.111. The number of carbonyl (C=O) groups excluding carboxylic acids is 1. The second-order valence-electron chi connectivity index (χ2n) is 5.94. The Hall–Kier alpha value is -2.85. The van der Waals surface area contributed by atoms with Gasteiger partial charge in [-0.15, -0.1) is 0 Å². The van der Waals surface area contributed by atoms with Gasteiger partial charge in [-0.3, -0.25) is 4.79 Å². The van der Waals surface area contributed by atoms with E-state index in [2.05, 4.69) is 15.6 Å². The lowest BCUT2D eigenvalue weighted by Crippen LogP contribution is -2.13. The minimum absolute atomic E-state index is 0.0463. The highest BCUT2D eigenvalue weighted by atomic mass is 35.5. The van der Waals surface area contributed by atoms with E-state index in [1.807, 2.05) is 0 Å². The molecule has 11 heteroatoms. The Labute approximate surface area is 171 Å². The number of anilines is 4. The third-order valence-corrected chi connectivity index (χ3v) is 5.14. The van der Waals surface area contributed by atoms with Crippen molar-refractivity contribution in [2.24, 2.45) is 0 Å². The van der Waals surface area contributed by atoms with Gasteiger partial charge in [0.2, 0.25) is 0 Å². The van der Waals surface area contributed by atoms with Gasteiger partial charge in [0.15, 0.2) is 5.13 Å². The lowest BCUT2D eigenvalue weighted by atomic mass is 10.2. The van der Waals surface area contributed by atoms with Crippen molar-refractivity contribution >= 4 is 51.2 Å². The maximum atomic E-state index is 13.4. The van der Waals surface area contributed by atoms with Crippen molar-refractivity contribution in [3.8, 4) is 0 Å². The van der Waals surface area contributed by atoms with Gasteiger partial charge in [-0.25, -0.2) is 9.37 Å². The summed E-state index contributed by atoms with van der Waals surface area (Å²) in [6, 6.07) is 7.52. The van der Waals surface area contributed by atoms with Gasteiger partial charge in [-0.1, -0.05) is 35.1 Å². The number of nitrogens with one attached hydrogen (secondary N) is 2. The molecule has 1 aromatic heterocycles. The van der Waals surface area contributed by atoms with Crippen LogP contribution in [0.5, 0.6) is 0 Å². The highest BCUT2D eigenvalue weighted by molar-refractivity contribution is 7.18. The Balaban J connectivity index is 1.83. The van der Waals surface area contributed by atoms with E-state index in [1.54, 1.807) is 25.1 Å². The molecule has 2 aromatic carbocycles. The summed E-state index contributed by atoms with van der Waals surface area (Å²) in [6.07, 6.45) is -4.85. The number of nitrogens with two attached hydrogens (primary N) is 1. The molecule has 0 saturated carbocycles. The Bertz CT molecular complexity index is 1060. The van der Waals surface area contributed by atoms with E-state index in [0.29, 0.717) is 22.8 Å². The largest absolute Gasteiger partial charge is 0.419 e. The average Bonchev–Trinajstić information content (AvgIpc) is 2.99. The van der Waals surface area contributed by atoms with Gasteiger partial charge < -0.3 is 16.4 Å². The Morgan fingerprint density at radius 2 is 1.97 bits per heavy atom. The fourth-order valence-corrected chi connectivity index (χ4v) is 3.52. The minimum atomic E-state index is -4.85. The van der Waals surface area contributed by atoms with Crippen LogP contribution in [-0.2, 0) is 6.18 Å². The monoisotopic (exact) mass is 444 g/mol. The second kappa shape index (κ2) is 7.88. The number of hydrogen-bond acceptors (Lipinski definition) is 5. The maximum Gasteiger partial charge on any atom is 0.419 e. The van der Waals surface area contributed by atoms with Crippen LogP contribution in [0, 0.1) is 12.7 Å². The van der Waals surface area contributed by atoms with E-state index < -0.39 is 23.5 Å². The summed E-state index contributed by atoms with van der Waals surface area (Å²) in [5.74, 6) is -2.07. The molecular weight excluding hydrogens is 432 g/mol. The standard InChI is InChI=1S/C18H13ClF4N4OS/c1-8-3-2-4-11(19)13(8)26-16(28)14-15(24)27-17(29-14)25-9-5-6-12(20)10(7-9)18(21,22)23/h2-7H,24H2,1H3,(H,25,27)(H,26,28). The van der Waals surface area contributed by atoms with E-state index in [1.165, 1.54) is 0 Å². The van der Waals surface area contributed by atoms with E-state index in [0.717, 1.165) is 23.0 Å². The minimum Gasteiger partial charge on any atom is -0.382 e. The van der Waals surface area contributed by atoms with Crippen molar-refractivity contribution < 1.29 is 22.4 Å². The van der Waals surface area contributed by atoms with Crippen LogP contribution in [0.3, 0.4) is 0 Å². The van der Waals surface area contributed by atoms with E-state index in [9.17, 15) is 22.4 Å². The van der Waals surface area contributed by atoms with Crippen LogP contribution in [0.4, 0.5) is 39.9 Å². The highest BCUT2D eigenvalue weighted by Crippen LogP contribution is 2.35. The summed E-state index contributed by atoms with van der Waals surface area (Å²) >= 11 is 6.92. The molecular formula is C18H13ClF4N4OS. The van der Waals surface area contributed by atoms with Crippen LogP contribution in [0.25, 0.3) is 0 Å². The molecule has 0 unspecified atom stereocenters. The molecule has 0 saturated heterocycles. The molecule has 0 atom stereocenters. The first-order valence-electron chi connectivity index (χ1n) is 8.03. The number of carbonyl (C=O) groups is 1. The highest BCUT2D eigenvalue weighted by Gasteiger charge is 2.34. The first kappa shape index (κ1) is 20.9. The van der Waals surface area contributed by atoms with Crippen LogP contribution in [0.15, 0.2) is 36.4 Å². The summed E-state index contributed by atoms with van der Waals surface area (Å²) < 4.78 is 52.0. The number of hydrogen-bond donors (Lipinski definition) is 3. The average molecular weight is 445 g/mol. The first-order valence-corrected chi connectivity index (χ1v) is 9.22. The smallest absolute Gasteiger partial charge is 0.382 e. The Morgan fingerprint density at radius 1 is 1.24 bits per heavy atom. The Morgan fingerprint density at radius 3 is 2.62 bits per heavy atom. The van der Waals surface area contributed by atoms with Crippen LogP contribution >= 0.6 is 22.9 Å². The van der Waals surface area contributed by atoms with Gasteiger partial charge in [0, 0.05) is 5.69 Å². The number of benzene rings is 2. The van der Waals surface area contributed by atoms with Crippen molar-refractivity contribution in [1.29, 1.82) is 0 Å². The lowest BCUT2D eigenvalue weighted by molar-refractivity contribution is -0.139. The zero-order valence-electron chi connectivity index (χ0n) is 14.7. The molecule has 3 rings (SSSR count). The molecule has 1 amide bonds. The molecule has 4 N–H and O–H groups in total. The number of rotatable bonds is 4.